The quantitative estimate of drug-likeness (QED) is 0.531. The van der Waals surface area contributed by atoms with E-state index in [0.717, 1.165) is 18.4 Å². The molecular weight excluding hydrogens is 228 g/mol. The fraction of sp³-hybridized carbons (Fsp3) is 0.667. The van der Waals surface area contributed by atoms with E-state index < -0.39 is 6.10 Å². The molecule has 18 heavy (non-hydrogen) atoms. The Morgan fingerprint density at radius 3 is 2.83 bits per heavy atom. The lowest BCUT2D eigenvalue weighted by Crippen LogP contribution is -2.20. The van der Waals surface area contributed by atoms with Gasteiger partial charge in [0.15, 0.2) is 0 Å². The molecule has 1 heterocycles. The van der Waals surface area contributed by atoms with Crippen LogP contribution >= 0.6 is 0 Å². The molecule has 100 valence electrons. The highest BCUT2D eigenvalue weighted by Crippen LogP contribution is 2.35. The van der Waals surface area contributed by atoms with Gasteiger partial charge >= 0.3 is 5.97 Å². The molecule has 1 N–H and O–H groups in total. The minimum atomic E-state index is -0.465. The summed E-state index contributed by atoms with van der Waals surface area (Å²) in [6.45, 7) is 5.94. The molecule has 0 unspecified atom stereocenters. The summed E-state index contributed by atoms with van der Waals surface area (Å²) in [6, 6.07) is 0. The van der Waals surface area contributed by atoms with Gasteiger partial charge in [0.05, 0.1) is 12.0 Å². The molecule has 1 fully saturated rings. The average Bonchev–Trinajstić information content (AvgIpc) is 2.59. The number of hydrogen-bond acceptors (Lipinski definition) is 3. The van der Waals surface area contributed by atoms with Crippen LogP contribution in [0.15, 0.2) is 23.3 Å². The Bertz CT molecular complexity index is 395. The van der Waals surface area contributed by atoms with Gasteiger partial charge < -0.3 is 9.84 Å². The molecular formula is C15H22O3. The largest absolute Gasteiger partial charge is 0.458 e. The van der Waals surface area contributed by atoms with E-state index >= 15 is 0 Å². The molecule has 3 nitrogen and oxygen atoms in total. The monoisotopic (exact) mass is 250 g/mol. The maximum absolute atomic E-state index is 11.7. The second kappa shape index (κ2) is 5.27. The summed E-state index contributed by atoms with van der Waals surface area (Å²) in [4.78, 5) is 11.7. The Kier molecular flexibility index (Phi) is 3.91. The van der Waals surface area contributed by atoms with Crippen molar-refractivity contribution in [1.82, 2.24) is 0 Å². The smallest absolute Gasteiger partial charge is 0.309 e. The molecule has 1 aliphatic carbocycles. The van der Waals surface area contributed by atoms with E-state index in [-0.39, 0.29) is 23.9 Å². The van der Waals surface area contributed by atoms with Crippen LogP contribution in [0.1, 0.15) is 40.0 Å². The number of fused-ring (bicyclic) bond motifs is 1. The lowest BCUT2D eigenvalue weighted by atomic mass is 9.84. The van der Waals surface area contributed by atoms with E-state index in [1.807, 2.05) is 19.9 Å². The van der Waals surface area contributed by atoms with Gasteiger partial charge in [-0.2, -0.15) is 0 Å². The van der Waals surface area contributed by atoms with E-state index in [2.05, 4.69) is 13.0 Å². The highest BCUT2D eigenvalue weighted by molar-refractivity contribution is 5.75. The van der Waals surface area contributed by atoms with E-state index in [1.165, 1.54) is 5.57 Å². The zero-order valence-corrected chi connectivity index (χ0v) is 11.3. The van der Waals surface area contributed by atoms with E-state index in [1.54, 1.807) is 0 Å². The number of ether oxygens (including phenoxy) is 1. The van der Waals surface area contributed by atoms with E-state index in [9.17, 15) is 9.90 Å². The van der Waals surface area contributed by atoms with Crippen molar-refractivity contribution in [3.63, 3.8) is 0 Å². The van der Waals surface area contributed by atoms with Gasteiger partial charge in [-0.25, -0.2) is 0 Å². The first-order valence-electron chi connectivity index (χ1n) is 6.71. The van der Waals surface area contributed by atoms with Crippen molar-refractivity contribution in [3.8, 4) is 0 Å². The van der Waals surface area contributed by atoms with Crippen LogP contribution in [0.3, 0.4) is 0 Å². The van der Waals surface area contributed by atoms with Gasteiger partial charge in [-0.05, 0) is 44.8 Å². The van der Waals surface area contributed by atoms with Crippen LogP contribution in [0, 0.1) is 11.8 Å². The van der Waals surface area contributed by atoms with Crippen molar-refractivity contribution in [1.29, 1.82) is 0 Å². The number of carbonyl (C=O) groups excluding carboxylic acids is 1. The zero-order valence-electron chi connectivity index (χ0n) is 11.3. The van der Waals surface area contributed by atoms with Crippen molar-refractivity contribution >= 4 is 5.97 Å². The molecule has 1 saturated heterocycles. The Balaban J connectivity index is 2.26. The molecule has 2 rings (SSSR count). The van der Waals surface area contributed by atoms with Crippen molar-refractivity contribution in [2.24, 2.45) is 11.8 Å². The van der Waals surface area contributed by atoms with Crippen LogP contribution in [0.2, 0.25) is 0 Å². The maximum atomic E-state index is 11.7. The molecule has 1 aliphatic heterocycles. The van der Waals surface area contributed by atoms with Gasteiger partial charge in [0.25, 0.3) is 0 Å². The summed E-state index contributed by atoms with van der Waals surface area (Å²) < 4.78 is 5.42. The molecule has 3 heteroatoms. The maximum Gasteiger partial charge on any atom is 0.309 e. The second-order valence-electron chi connectivity index (χ2n) is 5.61. The van der Waals surface area contributed by atoms with E-state index in [0.29, 0.717) is 6.42 Å². The summed E-state index contributed by atoms with van der Waals surface area (Å²) in [5.74, 6) is 0.0916. The lowest BCUT2D eigenvalue weighted by molar-refractivity contribution is -0.142. The number of carbonyl (C=O) groups is 1. The Morgan fingerprint density at radius 2 is 2.11 bits per heavy atom. The van der Waals surface area contributed by atoms with Gasteiger partial charge in [-0.3, -0.25) is 4.79 Å². The first kappa shape index (κ1) is 13.3. The van der Waals surface area contributed by atoms with Gasteiger partial charge in [0.2, 0.25) is 0 Å². The summed E-state index contributed by atoms with van der Waals surface area (Å²) in [5, 5.41) is 10.0. The standard InChI is InChI=1S/C15H22O3/c1-9-4-6-12-11(3)15(17)18-14(12)8-10(2)13(16)7-5-9/h5,8,11-14,16H,4,6-7H2,1-3H3/b9-5+,10-8+/t11-,12-,13+,14+/m0/s1. The van der Waals surface area contributed by atoms with Crippen LogP contribution in [0.25, 0.3) is 0 Å². The summed E-state index contributed by atoms with van der Waals surface area (Å²) in [6.07, 6.45) is 6.01. The predicted molar refractivity (Wildman–Crippen MR) is 69.9 cm³/mol. The molecule has 0 aromatic rings. The first-order chi connectivity index (χ1) is 8.49. The Morgan fingerprint density at radius 1 is 1.39 bits per heavy atom. The average molecular weight is 250 g/mol. The summed E-state index contributed by atoms with van der Waals surface area (Å²) in [7, 11) is 0. The molecule has 0 spiro atoms. The van der Waals surface area contributed by atoms with Crippen LogP contribution in [0.4, 0.5) is 0 Å². The number of allylic oxidation sites excluding steroid dienone is 1. The predicted octanol–water partition coefficient (Wildman–Crippen LogP) is 2.60. The third-order valence-corrected chi connectivity index (χ3v) is 4.20. The summed E-state index contributed by atoms with van der Waals surface area (Å²) >= 11 is 0. The van der Waals surface area contributed by atoms with Crippen molar-refractivity contribution in [2.45, 2.75) is 52.2 Å². The minimum absolute atomic E-state index is 0.0385. The Hall–Kier alpha value is -1.09. The number of hydrogen-bond donors (Lipinski definition) is 1. The van der Waals surface area contributed by atoms with Crippen LogP contribution in [-0.2, 0) is 9.53 Å². The molecule has 0 saturated carbocycles. The number of aliphatic hydroxyl groups excluding tert-OH is 1. The number of esters is 1. The van der Waals surface area contributed by atoms with Gasteiger partial charge in [0, 0.05) is 5.92 Å². The highest BCUT2D eigenvalue weighted by atomic mass is 16.6. The zero-order chi connectivity index (χ0) is 13.3. The number of aliphatic hydroxyl groups is 1. The third-order valence-electron chi connectivity index (χ3n) is 4.20. The van der Waals surface area contributed by atoms with Crippen molar-refractivity contribution in [2.75, 3.05) is 0 Å². The van der Waals surface area contributed by atoms with Crippen LogP contribution in [0.5, 0.6) is 0 Å². The molecule has 4 atom stereocenters. The fourth-order valence-corrected chi connectivity index (χ4v) is 2.73. The lowest BCUT2D eigenvalue weighted by Gasteiger charge is -2.20. The molecule has 0 bridgehead atoms. The summed E-state index contributed by atoms with van der Waals surface area (Å²) in [5.41, 5.74) is 2.19. The molecule has 2 aliphatic rings. The highest BCUT2D eigenvalue weighted by Gasteiger charge is 2.40. The van der Waals surface area contributed by atoms with Gasteiger partial charge in [0.1, 0.15) is 6.10 Å². The topological polar surface area (TPSA) is 46.5 Å². The SMILES string of the molecule is C/C1=C\C[C@@H](O)/C(C)=C/[C@H]2OC(=O)[C@@H](C)[C@@H]2CC1. The molecule has 0 amide bonds. The third kappa shape index (κ3) is 2.66. The Labute approximate surface area is 109 Å². The van der Waals surface area contributed by atoms with Crippen LogP contribution in [-0.4, -0.2) is 23.3 Å². The molecule has 0 aromatic carbocycles. The second-order valence-corrected chi connectivity index (χ2v) is 5.61. The van der Waals surface area contributed by atoms with E-state index in [4.69, 9.17) is 4.74 Å². The van der Waals surface area contributed by atoms with Crippen molar-refractivity contribution < 1.29 is 14.6 Å². The molecule has 0 radical (unpaired) electrons. The van der Waals surface area contributed by atoms with Gasteiger partial charge in [-0.1, -0.05) is 18.6 Å². The minimum Gasteiger partial charge on any atom is -0.458 e. The normalized spacial score (nSPS) is 43.2. The number of rotatable bonds is 0. The fourth-order valence-electron chi connectivity index (χ4n) is 2.73. The first-order valence-corrected chi connectivity index (χ1v) is 6.71. The van der Waals surface area contributed by atoms with Gasteiger partial charge in [-0.15, -0.1) is 0 Å². The molecule has 0 aromatic heterocycles. The van der Waals surface area contributed by atoms with Crippen molar-refractivity contribution in [3.05, 3.63) is 23.3 Å². The van der Waals surface area contributed by atoms with Crippen LogP contribution < -0.4 is 0 Å².